The second-order valence-corrected chi connectivity index (χ2v) is 7.89. The van der Waals surface area contributed by atoms with Crippen molar-refractivity contribution in [2.24, 2.45) is 5.73 Å². The standard InChI is InChI=1S/C7H18N2O7P2/c1-5(8)7(10)9-4-2-3-6(17(11,12)13)18(14,15)16/h5-6H,2-4,8H2,1H3,(H,9,10)(H2,11,12,13)(H2,14,15,16)/t5-/m0/s1. The summed E-state index contributed by atoms with van der Waals surface area (Å²) in [5.41, 5.74) is 5.26. The molecule has 0 aromatic rings. The Hall–Kier alpha value is -0.270. The predicted molar refractivity (Wildman–Crippen MR) is 63.8 cm³/mol. The molecule has 0 saturated heterocycles. The summed E-state index contributed by atoms with van der Waals surface area (Å²) in [4.78, 5) is 46.3. The fraction of sp³-hybridized carbons (Fsp3) is 0.857. The summed E-state index contributed by atoms with van der Waals surface area (Å²) in [5.74, 6) is -0.445. The van der Waals surface area contributed by atoms with Gasteiger partial charge in [0.25, 0.3) is 0 Å². The Morgan fingerprint density at radius 2 is 1.67 bits per heavy atom. The summed E-state index contributed by atoms with van der Waals surface area (Å²) in [6.07, 6.45) is -0.368. The van der Waals surface area contributed by atoms with Gasteiger partial charge in [0.15, 0.2) is 5.40 Å². The topological polar surface area (TPSA) is 170 Å². The second-order valence-electron chi connectivity index (χ2n) is 3.88. The van der Waals surface area contributed by atoms with Gasteiger partial charge in [-0.25, -0.2) is 0 Å². The first-order valence-electron chi connectivity index (χ1n) is 5.10. The zero-order chi connectivity index (χ0) is 14.6. The van der Waals surface area contributed by atoms with E-state index in [-0.39, 0.29) is 13.0 Å². The van der Waals surface area contributed by atoms with Gasteiger partial charge in [0.05, 0.1) is 6.04 Å². The van der Waals surface area contributed by atoms with Gasteiger partial charge in [-0.2, -0.15) is 0 Å². The van der Waals surface area contributed by atoms with Crippen LogP contribution in [0, 0.1) is 0 Å². The summed E-state index contributed by atoms with van der Waals surface area (Å²) in [7, 11) is -9.76. The maximum absolute atomic E-state index is 11.0. The van der Waals surface area contributed by atoms with Crippen molar-refractivity contribution < 1.29 is 33.5 Å². The molecule has 1 amide bonds. The number of hydrogen-bond donors (Lipinski definition) is 6. The molecule has 0 bridgehead atoms. The molecule has 0 aliphatic carbocycles. The second kappa shape index (κ2) is 6.77. The minimum absolute atomic E-state index is 0.0271. The Balaban J connectivity index is 4.29. The van der Waals surface area contributed by atoms with E-state index in [0.29, 0.717) is 0 Å². The van der Waals surface area contributed by atoms with Crippen molar-refractivity contribution in [3.05, 3.63) is 0 Å². The van der Waals surface area contributed by atoms with Crippen molar-refractivity contribution in [2.75, 3.05) is 6.54 Å². The van der Waals surface area contributed by atoms with E-state index in [9.17, 15) is 13.9 Å². The number of amides is 1. The van der Waals surface area contributed by atoms with E-state index in [1.807, 2.05) is 0 Å². The van der Waals surface area contributed by atoms with Crippen LogP contribution in [0.15, 0.2) is 0 Å². The zero-order valence-corrected chi connectivity index (χ0v) is 11.6. The van der Waals surface area contributed by atoms with E-state index in [1.165, 1.54) is 6.92 Å². The summed E-state index contributed by atoms with van der Waals surface area (Å²) in [5, 5.41) is 0.340. The molecular formula is C7H18N2O7P2. The Morgan fingerprint density at radius 3 is 2.00 bits per heavy atom. The van der Waals surface area contributed by atoms with Crippen LogP contribution in [0.4, 0.5) is 0 Å². The first-order chi connectivity index (χ1) is 7.96. The third-order valence-electron chi connectivity index (χ3n) is 2.13. The maximum atomic E-state index is 11.0. The monoisotopic (exact) mass is 304 g/mol. The van der Waals surface area contributed by atoms with E-state index >= 15 is 0 Å². The third kappa shape index (κ3) is 6.61. The number of carbonyl (C=O) groups is 1. The molecule has 0 aliphatic heterocycles. The fourth-order valence-corrected chi connectivity index (χ4v) is 3.79. The fourth-order valence-electron chi connectivity index (χ4n) is 1.19. The zero-order valence-electron chi connectivity index (χ0n) is 9.76. The minimum Gasteiger partial charge on any atom is -0.355 e. The first kappa shape index (κ1) is 17.7. The van der Waals surface area contributed by atoms with Gasteiger partial charge in [-0.3, -0.25) is 13.9 Å². The molecule has 108 valence electrons. The van der Waals surface area contributed by atoms with Crippen LogP contribution in [0.2, 0.25) is 0 Å². The molecule has 18 heavy (non-hydrogen) atoms. The van der Waals surface area contributed by atoms with E-state index in [2.05, 4.69) is 5.32 Å². The Morgan fingerprint density at radius 1 is 1.22 bits per heavy atom. The highest BCUT2D eigenvalue weighted by Crippen LogP contribution is 2.61. The van der Waals surface area contributed by atoms with Gasteiger partial charge in [-0.1, -0.05) is 0 Å². The normalized spacial score (nSPS) is 14.6. The van der Waals surface area contributed by atoms with Crippen LogP contribution < -0.4 is 11.1 Å². The van der Waals surface area contributed by atoms with Crippen molar-refractivity contribution in [3.8, 4) is 0 Å². The van der Waals surface area contributed by atoms with Gasteiger partial charge < -0.3 is 30.6 Å². The SMILES string of the molecule is C[C@H](N)C(=O)NCCCC(P(=O)(O)O)P(=O)(O)O. The van der Waals surface area contributed by atoms with Gasteiger partial charge in [-0.15, -0.1) is 0 Å². The van der Waals surface area contributed by atoms with Crippen LogP contribution in [-0.4, -0.2) is 43.5 Å². The highest BCUT2D eigenvalue weighted by atomic mass is 31.2. The van der Waals surface area contributed by atoms with Gasteiger partial charge >= 0.3 is 15.2 Å². The smallest absolute Gasteiger partial charge is 0.340 e. The van der Waals surface area contributed by atoms with Crippen LogP contribution >= 0.6 is 15.2 Å². The molecule has 0 heterocycles. The van der Waals surface area contributed by atoms with Crippen molar-refractivity contribution >= 4 is 21.1 Å². The first-order valence-corrected chi connectivity index (χ1v) is 8.46. The summed E-state index contributed by atoms with van der Waals surface area (Å²) in [6.45, 7) is 1.50. The summed E-state index contributed by atoms with van der Waals surface area (Å²) >= 11 is 0. The molecule has 0 aromatic heterocycles. The van der Waals surface area contributed by atoms with Crippen LogP contribution in [0.25, 0.3) is 0 Å². The van der Waals surface area contributed by atoms with Gasteiger partial charge in [-0.05, 0) is 19.8 Å². The third-order valence-corrected chi connectivity index (χ3v) is 6.00. The van der Waals surface area contributed by atoms with E-state index in [1.54, 1.807) is 0 Å². The lowest BCUT2D eigenvalue weighted by Gasteiger charge is -2.19. The molecule has 0 spiro atoms. The molecule has 0 saturated carbocycles. The predicted octanol–water partition coefficient (Wildman–Crippen LogP) is -1.09. The Bertz CT molecular complexity index is 352. The van der Waals surface area contributed by atoms with Crippen LogP contribution in [0.5, 0.6) is 0 Å². The molecule has 0 radical (unpaired) electrons. The Labute approximate surface area is 104 Å². The maximum Gasteiger partial charge on any atom is 0.340 e. The van der Waals surface area contributed by atoms with E-state index in [4.69, 9.17) is 25.3 Å². The molecule has 7 N–H and O–H groups in total. The molecule has 0 aliphatic rings. The average Bonchev–Trinajstić information content (AvgIpc) is 2.12. The minimum atomic E-state index is -4.88. The van der Waals surface area contributed by atoms with Gasteiger partial charge in [0, 0.05) is 6.54 Å². The Kier molecular flexibility index (Phi) is 6.67. The molecule has 1 atom stereocenters. The van der Waals surface area contributed by atoms with Crippen LogP contribution in [-0.2, 0) is 13.9 Å². The summed E-state index contributed by atoms with van der Waals surface area (Å²) < 4.78 is 21.8. The number of nitrogens with one attached hydrogen (secondary N) is 1. The van der Waals surface area contributed by atoms with E-state index in [0.717, 1.165) is 0 Å². The lowest BCUT2D eigenvalue weighted by Crippen LogP contribution is -2.38. The molecular weight excluding hydrogens is 286 g/mol. The molecule has 11 heteroatoms. The van der Waals surface area contributed by atoms with Crippen molar-refractivity contribution in [3.63, 3.8) is 0 Å². The van der Waals surface area contributed by atoms with E-state index < -0.39 is 39.0 Å². The molecule has 0 unspecified atom stereocenters. The molecule has 9 nitrogen and oxygen atoms in total. The van der Waals surface area contributed by atoms with Crippen molar-refractivity contribution in [2.45, 2.75) is 31.2 Å². The lowest BCUT2D eigenvalue weighted by molar-refractivity contribution is -0.121. The summed E-state index contributed by atoms with van der Waals surface area (Å²) in [6, 6.07) is -0.718. The van der Waals surface area contributed by atoms with Crippen LogP contribution in [0.3, 0.4) is 0 Å². The molecule has 0 rings (SSSR count). The largest absolute Gasteiger partial charge is 0.355 e. The molecule has 0 fully saturated rings. The number of carbonyl (C=O) groups excluding carboxylic acids is 1. The van der Waals surface area contributed by atoms with Gasteiger partial charge in [0.1, 0.15) is 0 Å². The average molecular weight is 304 g/mol. The van der Waals surface area contributed by atoms with Crippen molar-refractivity contribution in [1.29, 1.82) is 0 Å². The number of nitrogens with two attached hydrogens (primary N) is 1. The van der Waals surface area contributed by atoms with Gasteiger partial charge in [0.2, 0.25) is 5.91 Å². The highest BCUT2D eigenvalue weighted by Gasteiger charge is 2.42. The van der Waals surface area contributed by atoms with Crippen LogP contribution in [0.1, 0.15) is 19.8 Å². The number of rotatable bonds is 7. The lowest BCUT2D eigenvalue weighted by atomic mass is 10.3. The molecule has 0 aromatic carbocycles. The quantitative estimate of drug-likeness (QED) is 0.254. The number of hydrogen-bond acceptors (Lipinski definition) is 4. The van der Waals surface area contributed by atoms with Crippen molar-refractivity contribution in [1.82, 2.24) is 5.32 Å². The highest BCUT2D eigenvalue weighted by molar-refractivity contribution is 7.70.